The van der Waals surface area contributed by atoms with Crippen LogP contribution in [0.2, 0.25) is 0 Å². The van der Waals surface area contributed by atoms with Gasteiger partial charge in [-0.3, -0.25) is 9.59 Å². The van der Waals surface area contributed by atoms with Gasteiger partial charge in [0.1, 0.15) is 0 Å². The predicted octanol–water partition coefficient (Wildman–Crippen LogP) is 3.33. The van der Waals surface area contributed by atoms with Gasteiger partial charge in [-0.25, -0.2) is 0 Å². The first kappa shape index (κ1) is 19.2. The van der Waals surface area contributed by atoms with E-state index in [0.29, 0.717) is 30.7 Å². The lowest BCUT2D eigenvalue weighted by atomic mass is 9.88. The van der Waals surface area contributed by atoms with Gasteiger partial charge in [0.25, 0.3) is 0 Å². The lowest BCUT2D eigenvalue weighted by Gasteiger charge is -2.32. The Bertz CT molecular complexity index is 1000. The average Bonchev–Trinajstić information content (AvgIpc) is 3.39. The molecule has 2 aromatic rings. The first-order chi connectivity index (χ1) is 14.0. The Morgan fingerprint density at radius 1 is 1.28 bits per heavy atom. The highest BCUT2D eigenvalue weighted by molar-refractivity contribution is 5.98. The topological polar surface area (TPSA) is 104 Å². The summed E-state index contributed by atoms with van der Waals surface area (Å²) < 4.78 is 0. The van der Waals surface area contributed by atoms with Crippen molar-refractivity contribution in [3.05, 3.63) is 35.5 Å². The standard InChI is InChI=1S/C22H25N5O2/c1-2-3-9-22(25-26-22)10-6-20(28)27-11-7-15(8-12-27)18-14-24-19-5-4-16(21(23)29)13-17(18)19/h1,4-5,13-15,24H,3,6-12H2,(H2,23,29). The number of nitrogens with zero attached hydrogens (tertiary/aromatic N) is 3. The van der Waals surface area contributed by atoms with Gasteiger partial charge < -0.3 is 15.6 Å². The molecule has 7 heteroatoms. The van der Waals surface area contributed by atoms with Crippen molar-refractivity contribution >= 4 is 22.7 Å². The number of H-pyrrole nitrogens is 1. The molecule has 0 bridgehead atoms. The summed E-state index contributed by atoms with van der Waals surface area (Å²) >= 11 is 0. The van der Waals surface area contributed by atoms with E-state index in [2.05, 4.69) is 21.1 Å². The molecule has 1 saturated heterocycles. The highest BCUT2D eigenvalue weighted by atomic mass is 16.2. The van der Waals surface area contributed by atoms with Crippen LogP contribution in [0, 0.1) is 12.3 Å². The van der Waals surface area contributed by atoms with Crippen LogP contribution >= 0.6 is 0 Å². The molecule has 0 atom stereocenters. The second kappa shape index (κ2) is 7.70. The van der Waals surface area contributed by atoms with Crippen LogP contribution in [-0.2, 0) is 4.79 Å². The summed E-state index contributed by atoms with van der Waals surface area (Å²) in [6, 6.07) is 5.49. The first-order valence-electron chi connectivity index (χ1n) is 10.1. The Morgan fingerprint density at radius 2 is 2.03 bits per heavy atom. The molecule has 3 heterocycles. The molecule has 0 radical (unpaired) electrons. The number of likely N-dealkylation sites (tertiary alicyclic amines) is 1. The number of nitrogens with two attached hydrogens (primary N) is 1. The van der Waals surface area contributed by atoms with Gasteiger partial charge in [-0.1, -0.05) is 0 Å². The normalized spacial score (nSPS) is 18.0. The van der Waals surface area contributed by atoms with Crippen LogP contribution in [-0.4, -0.2) is 40.5 Å². The van der Waals surface area contributed by atoms with Gasteiger partial charge in [-0.15, -0.1) is 12.3 Å². The van der Waals surface area contributed by atoms with Gasteiger partial charge in [0.15, 0.2) is 5.66 Å². The van der Waals surface area contributed by atoms with Crippen LogP contribution < -0.4 is 5.73 Å². The van der Waals surface area contributed by atoms with Crippen molar-refractivity contribution in [2.75, 3.05) is 13.1 Å². The Kier molecular flexibility index (Phi) is 5.10. The maximum Gasteiger partial charge on any atom is 0.248 e. The fourth-order valence-electron chi connectivity index (χ4n) is 4.21. The van der Waals surface area contributed by atoms with E-state index in [1.165, 1.54) is 5.56 Å². The maximum absolute atomic E-state index is 12.6. The third-order valence-electron chi connectivity index (χ3n) is 6.08. The van der Waals surface area contributed by atoms with E-state index >= 15 is 0 Å². The van der Waals surface area contributed by atoms with Gasteiger partial charge in [-0.2, -0.15) is 10.2 Å². The molecule has 1 fully saturated rings. The van der Waals surface area contributed by atoms with Crippen molar-refractivity contribution in [1.82, 2.24) is 9.88 Å². The third-order valence-corrected chi connectivity index (χ3v) is 6.08. The number of rotatable bonds is 7. The minimum atomic E-state index is -0.423. The monoisotopic (exact) mass is 391 g/mol. The van der Waals surface area contributed by atoms with Crippen LogP contribution in [0.3, 0.4) is 0 Å². The second-order valence-corrected chi connectivity index (χ2v) is 7.91. The molecule has 2 aliphatic heterocycles. The summed E-state index contributed by atoms with van der Waals surface area (Å²) in [6.45, 7) is 1.47. The molecule has 0 spiro atoms. The summed E-state index contributed by atoms with van der Waals surface area (Å²) in [7, 11) is 0. The third kappa shape index (κ3) is 4.02. The van der Waals surface area contributed by atoms with Crippen molar-refractivity contribution in [3.8, 4) is 12.3 Å². The van der Waals surface area contributed by atoms with E-state index < -0.39 is 11.6 Å². The van der Waals surface area contributed by atoms with Crippen LogP contribution in [0.15, 0.2) is 34.6 Å². The molecule has 2 amide bonds. The number of piperidine rings is 1. The molecule has 1 aromatic heterocycles. The molecule has 150 valence electrons. The zero-order valence-corrected chi connectivity index (χ0v) is 16.4. The molecule has 0 saturated carbocycles. The average molecular weight is 391 g/mol. The predicted molar refractivity (Wildman–Crippen MR) is 110 cm³/mol. The SMILES string of the molecule is C#CCCC1(CCC(=O)N2CCC(c3c[nH]c4ccc(C(N)=O)cc34)CC2)N=N1. The molecule has 7 nitrogen and oxygen atoms in total. The van der Waals surface area contributed by atoms with E-state index in [1.807, 2.05) is 23.2 Å². The van der Waals surface area contributed by atoms with Gasteiger partial charge in [0.2, 0.25) is 11.8 Å². The molecular formula is C22H25N5O2. The maximum atomic E-state index is 12.6. The van der Waals surface area contributed by atoms with Crippen molar-refractivity contribution in [1.29, 1.82) is 0 Å². The smallest absolute Gasteiger partial charge is 0.248 e. The lowest BCUT2D eigenvalue weighted by Crippen LogP contribution is -2.38. The number of primary amides is 1. The van der Waals surface area contributed by atoms with Crippen molar-refractivity contribution in [3.63, 3.8) is 0 Å². The molecule has 1 aromatic carbocycles. The largest absolute Gasteiger partial charge is 0.366 e. The summed E-state index contributed by atoms with van der Waals surface area (Å²) in [5.74, 6) is 2.70. The number of nitrogens with one attached hydrogen (secondary N) is 1. The Labute approximate surface area is 169 Å². The molecule has 3 N–H and O–H groups in total. The lowest BCUT2D eigenvalue weighted by molar-refractivity contribution is -0.132. The molecular weight excluding hydrogens is 366 g/mol. The van der Waals surface area contributed by atoms with Crippen molar-refractivity contribution in [2.45, 2.75) is 50.1 Å². The zero-order valence-electron chi connectivity index (χ0n) is 16.4. The second-order valence-electron chi connectivity index (χ2n) is 7.91. The summed E-state index contributed by atoms with van der Waals surface area (Å²) in [5.41, 5.74) is 7.73. The summed E-state index contributed by atoms with van der Waals surface area (Å²) in [6.07, 6.45) is 11.6. The van der Waals surface area contributed by atoms with Gasteiger partial charge in [0, 0.05) is 61.4 Å². The number of benzene rings is 1. The number of aromatic amines is 1. The number of fused-ring (bicyclic) bond motifs is 1. The number of hydrogen-bond donors (Lipinski definition) is 2. The molecule has 0 aliphatic carbocycles. The minimum Gasteiger partial charge on any atom is -0.366 e. The molecule has 0 unspecified atom stereocenters. The van der Waals surface area contributed by atoms with Crippen LogP contribution in [0.25, 0.3) is 10.9 Å². The van der Waals surface area contributed by atoms with Gasteiger partial charge in [-0.05, 0) is 42.5 Å². The van der Waals surface area contributed by atoms with Crippen LogP contribution in [0.1, 0.15) is 60.4 Å². The van der Waals surface area contributed by atoms with Crippen LogP contribution in [0.5, 0.6) is 0 Å². The van der Waals surface area contributed by atoms with E-state index in [0.717, 1.165) is 43.3 Å². The van der Waals surface area contributed by atoms with E-state index in [4.69, 9.17) is 12.2 Å². The number of hydrogen-bond acceptors (Lipinski definition) is 4. The molecule has 4 rings (SSSR count). The fraction of sp³-hybridized carbons (Fsp3) is 0.455. The number of carbonyl (C=O) groups excluding carboxylic acids is 2. The fourth-order valence-corrected chi connectivity index (χ4v) is 4.21. The first-order valence-corrected chi connectivity index (χ1v) is 10.1. The molecule has 2 aliphatic rings. The Balaban J connectivity index is 1.34. The number of terminal acetylenes is 1. The number of aromatic nitrogens is 1. The Morgan fingerprint density at radius 3 is 2.69 bits per heavy atom. The number of amides is 2. The summed E-state index contributed by atoms with van der Waals surface area (Å²) in [5, 5.41) is 9.25. The van der Waals surface area contributed by atoms with Gasteiger partial charge >= 0.3 is 0 Å². The Hall–Kier alpha value is -3.14. The minimum absolute atomic E-state index is 0.163. The van der Waals surface area contributed by atoms with E-state index in [9.17, 15) is 9.59 Å². The number of carbonyl (C=O) groups is 2. The van der Waals surface area contributed by atoms with Crippen molar-refractivity contribution in [2.24, 2.45) is 16.0 Å². The zero-order chi connectivity index (χ0) is 20.4. The summed E-state index contributed by atoms with van der Waals surface area (Å²) in [4.78, 5) is 29.3. The molecule has 29 heavy (non-hydrogen) atoms. The van der Waals surface area contributed by atoms with Gasteiger partial charge in [0.05, 0.1) is 0 Å². The highest BCUT2D eigenvalue weighted by Gasteiger charge is 2.39. The van der Waals surface area contributed by atoms with E-state index in [-0.39, 0.29) is 5.91 Å². The van der Waals surface area contributed by atoms with Crippen molar-refractivity contribution < 1.29 is 9.59 Å². The van der Waals surface area contributed by atoms with E-state index in [1.54, 1.807) is 6.07 Å². The highest BCUT2D eigenvalue weighted by Crippen LogP contribution is 2.38. The van der Waals surface area contributed by atoms with Crippen LogP contribution in [0.4, 0.5) is 0 Å². The quantitative estimate of drug-likeness (QED) is 0.707.